The van der Waals surface area contributed by atoms with Gasteiger partial charge >= 0.3 is 6.36 Å². The van der Waals surface area contributed by atoms with E-state index in [0.29, 0.717) is 6.07 Å². The van der Waals surface area contributed by atoms with Gasteiger partial charge in [0.1, 0.15) is 11.6 Å². The van der Waals surface area contributed by atoms with Crippen LogP contribution in [0.4, 0.5) is 27.6 Å². The fourth-order valence-corrected chi connectivity index (χ4v) is 1.35. The van der Waals surface area contributed by atoms with Crippen molar-refractivity contribution in [2.75, 3.05) is 18.5 Å². The highest BCUT2D eigenvalue weighted by atomic mass is 79.9. The van der Waals surface area contributed by atoms with E-state index in [-0.39, 0.29) is 16.7 Å². The Morgan fingerprint density at radius 1 is 1.18 bits per heavy atom. The second-order valence-electron chi connectivity index (χ2n) is 2.97. The average molecular weight is 320 g/mol. The molecule has 0 radical (unpaired) electrons. The third-order valence-electron chi connectivity index (χ3n) is 1.69. The molecule has 0 atom stereocenters. The molecule has 0 unspecified atom stereocenters. The van der Waals surface area contributed by atoms with Gasteiger partial charge in [-0.25, -0.2) is 8.78 Å². The van der Waals surface area contributed by atoms with E-state index < -0.39 is 24.6 Å². The van der Waals surface area contributed by atoms with Crippen molar-refractivity contribution in [2.24, 2.45) is 0 Å². The van der Waals surface area contributed by atoms with Gasteiger partial charge in [-0.05, 0) is 22.0 Å². The van der Waals surface area contributed by atoms with Gasteiger partial charge in [0, 0.05) is 12.6 Å². The molecular weight excluding hydrogens is 313 g/mol. The molecule has 0 aromatic heterocycles. The highest BCUT2D eigenvalue weighted by Crippen LogP contribution is 2.23. The highest BCUT2D eigenvalue weighted by molar-refractivity contribution is 9.10. The van der Waals surface area contributed by atoms with Crippen molar-refractivity contribution in [3.63, 3.8) is 0 Å². The van der Waals surface area contributed by atoms with Gasteiger partial charge in [0.15, 0.2) is 0 Å². The third kappa shape index (κ3) is 4.86. The van der Waals surface area contributed by atoms with Gasteiger partial charge in [-0.1, -0.05) is 0 Å². The predicted molar refractivity (Wildman–Crippen MR) is 54.6 cm³/mol. The molecule has 0 spiro atoms. The van der Waals surface area contributed by atoms with Crippen molar-refractivity contribution in [1.29, 1.82) is 0 Å². The summed E-state index contributed by atoms with van der Waals surface area (Å²) in [5, 5.41) is 2.36. The van der Waals surface area contributed by atoms with Crippen molar-refractivity contribution in [3.05, 3.63) is 28.2 Å². The van der Waals surface area contributed by atoms with Crippen LogP contribution < -0.4 is 5.32 Å². The molecular formula is C9H7BrF5NO. The van der Waals surface area contributed by atoms with E-state index in [2.05, 4.69) is 26.0 Å². The molecule has 0 aliphatic rings. The second-order valence-corrected chi connectivity index (χ2v) is 3.82. The summed E-state index contributed by atoms with van der Waals surface area (Å²) in [6, 6.07) is 1.72. The van der Waals surface area contributed by atoms with E-state index in [4.69, 9.17) is 0 Å². The van der Waals surface area contributed by atoms with Crippen LogP contribution in [0.3, 0.4) is 0 Å². The van der Waals surface area contributed by atoms with Crippen molar-refractivity contribution in [1.82, 2.24) is 0 Å². The van der Waals surface area contributed by atoms with Gasteiger partial charge < -0.3 is 5.32 Å². The Morgan fingerprint density at radius 3 is 2.41 bits per heavy atom. The smallest absolute Gasteiger partial charge is 0.380 e. The van der Waals surface area contributed by atoms with E-state index in [9.17, 15) is 22.0 Å². The number of nitrogens with one attached hydrogen (secondary N) is 1. The maximum atomic E-state index is 13.1. The second kappa shape index (κ2) is 5.63. The lowest BCUT2D eigenvalue weighted by atomic mass is 10.3. The van der Waals surface area contributed by atoms with Crippen molar-refractivity contribution in [3.8, 4) is 0 Å². The monoisotopic (exact) mass is 319 g/mol. The van der Waals surface area contributed by atoms with Gasteiger partial charge in [0.05, 0.1) is 16.8 Å². The Bertz CT molecular complexity index is 396. The van der Waals surface area contributed by atoms with Crippen LogP contribution in [-0.2, 0) is 4.74 Å². The van der Waals surface area contributed by atoms with Crippen LogP contribution in [0.25, 0.3) is 0 Å². The van der Waals surface area contributed by atoms with Gasteiger partial charge in [-0.15, -0.1) is 13.2 Å². The molecule has 0 aliphatic carbocycles. The Labute approximate surface area is 102 Å². The molecule has 8 heteroatoms. The van der Waals surface area contributed by atoms with Crippen LogP contribution in [0.2, 0.25) is 0 Å². The van der Waals surface area contributed by atoms with E-state index >= 15 is 0 Å². The van der Waals surface area contributed by atoms with E-state index in [1.54, 1.807) is 0 Å². The fraction of sp³-hybridized carbons (Fsp3) is 0.333. The maximum Gasteiger partial charge on any atom is 0.522 e. The highest BCUT2D eigenvalue weighted by Gasteiger charge is 2.28. The lowest BCUT2D eigenvalue weighted by Gasteiger charge is -2.10. The van der Waals surface area contributed by atoms with Gasteiger partial charge in [0.2, 0.25) is 0 Å². The number of benzene rings is 1. The first-order chi connectivity index (χ1) is 7.79. The Hall–Kier alpha value is -0.890. The lowest BCUT2D eigenvalue weighted by molar-refractivity contribution is -0.322. The minimum atomic E-state index is -4.72. The van der Waals surface area contributed by atoms with Crippen LogP contribution in [0.5, 0.6) is 0 Å². The fourth-order valence-electron chi connectivity index (χ4n) is 1.01. The summed E-state index contributed by atoms with van der Waals surface area (Å²) >= 11 is 2.83. The summed E-state index contributed by atoms with van der Waals surface area (Å²) in [6.07, 6.45) is -4.72. The molecule has 1 N–H and O–H groups in total. The number of halogens is 6. The zero-order valence-electron chi connectivity index (χ0n) is 8.24. The molecule has 0 heterocycles. The molecule has 0 bridgehead atoms. The number of hydrogen-bond donors (Lipinski definition) is 1. The SMILES string of the molecule is Fc1cc(F)c(NCCOC(F)(F)F)cc1Br. The third-order valence-corrected chi connectivity index (χ3v) is 2.30. The first-order valence-electron chi connectivity index (χ1n) is 4.38. The number of anilines is 1. The quantitative estimate of drug-likeness (QED) is 0.519. The summed E-state index contributed by atoms with van der Waals surface area (Å²) in [7, 11) is 0. The van der Waals surface area contributed by atoms with Crippen molar-refractivity contribution in [2.45, 2.75) is 6.36 Å². The van der Waals surface area contributed by atoms with Crippen LogP contribution >= 0.6 is 15.9 Å². The minimum Gasteiger partial charge on any atom is -0.380 e. The summed E-state index contributed by atoms with van der Waals surface area (Å²) in [5.74, 6) is -1.68. The molecule has 1 rings (SSSR count). The summed E-state index contributed by atoms with van der Waals surface area (Å²) < 4.78 is 64.2. The zero-order chi connectivity index (χ0) is 13.1. The van der Waals surface area contributed by atoms with Crippen LogP contribution in [0, 0.1) is 11.6 Å². The largest absolute Gasteiger partial charge is 0.522 e. The molecule has 0 saturated carbocycles. The Morgan fingerprint density at radius 2 is 1.82 bits per heavy atom. The number of rotatable bonds is 4. The van der Waals surface area contributed by atoms with E-state index in [0.717, 1.165) is 6.07 Å². The Balaban J connectivity index is 2.50. The lowest BCUT2D eigenvalue weighted by Crippen LogP contribution is -2.19. The average Bonchev–Trinajstić information content (AvgIpc) is 2.18. The molecule has 17 heavy (non-hydrogen) atoms. The molecule has 1 aromatic carbocycles. The first kappa shape index (κ1) is 14.2. The molecule has 2 nitrogen and oxygen atoms in total. The van der Waals surface area contributed by atoms with Crippen LogP contribution in [0.1, 0.15) is 0 Å². The van der Waals surface area contributed by atoms with E-state index in [1.807, 2.05) is 0 Å². The van der Waals surface area contributed by atoms with Crippen LogP contribution in [-0.4, -0.2) is 19.5 Å². The van der Waals surface area contributed by atoms with Gasteiger partial charge in [-0.3, -0.25) is 4.74 Å². The summed E-state index contributed by atoms with van der Waals surface area (Å²) in [5.41, 5.74) is -0.107. The molecule has 0 aliphatic heterocycles. The summed E-state index contributed by atoms with van der Waals surface area (Å²) in [6.45, 7) is -0.924. The van der Waals surface area contributed by atoms with Crippen LogP contribution in [0.15, 0.2) is 16.6 Å². The molecule has 1 aromatic rings. The Kier molecular flexibility index (Phi) is 4.70. The van der Waals surface area contributed by atoms with Gasteiger partial charge in [-0.2, -0.15) is 0 Å². The molecule has 96 valence electrons. The van der Waals surface area contributed by atoms with Crippen molar-refractivity contribution < 1.29 is 26.7 Å². The standard InChI is InChI=1S/C9H7BrF5NO/c10-5-3-8(7(12)4-6(5)11)16-1-2-17-9(13,14)15/h3-4,16H,1-2H2. The molecule has 0 amide bonds. The molecule has 0 saturated heterocycles. The normalized spacial score (nSPS) is 11.6. The predicted octanol–water partition coefficient (Wildman–Crippen LogP) is 3.68. The van der Waals surface area contributed by atoms with Gasteiger partial charge in [0.25, 0.3) is 0 Å². The molecule has 0 fully saturated rings. The zero-order valence-corrected chi connectivity index (χ0v) is 9.83. The topological polar surface area (TPSA) is 21.3 Å². The number of alkyl halides is 3. The maximum absolute atomic E-state index is 13.1. The number of hydrogen-bond acceptors (Lipinski definition) is 2. The van der Waals surface area contributed by atoms with Crippen molar-refractivity contribution >= 4 is 21.6 Å². The van der Waals surface area contributed by atoms with E-state index in [1.165, 1.54) is 0 Å². The number of ether oxygens (including phenoxy) is 1. The summed E-state index contributed by atoms with van der Waals surface area (Å²) in [4.78, 5) is 0. The minimum absolute atomic E-state index is 0.0122. The first-order valence-corrected chi connectivity index (χ1v) is 5.18.